The third-order valence-corrected chi connectivity index (χ3v) is 3.59. The van der Waals surface area contributed by atoms with Gasteiger partial charge in [-0.3, -0.25) is 4.79 Å². The molecule has 0 radical (unpaired) electrons. The zero-order valence-corrected chi connectivity index (χ0v) is 11.3. The number of carbonyl (C=O) groups is 1. The number of likely N-dealkylation sites (tertiary alicyclic amines) is 1. The molecule has 1 aromatic heterocycles. The van der Waals surface area contributed by atoms with Crippen LogP contribution in [-0.2, 0) is 6.42 Å². The number of nitrogens with one attached hydrogen (secondary N) is 1. The van der Waals surface area contributed by atoms with E-state index < -0.39 is 0 Å². The molecule has 0 aliphatic carbocycles. The highest BCUT2D eigenvalue weighted by molar-refractivity contribution is 5.96. The van der Waals surface area contributed by atoms with E-state index in [2.05, 4.69) is 10.5 Å². The molecule has 2 rings (SSSR count). The summed E-state index contributed by atoms with van der Waals surface area (Å²) in [5.41, 5.74) is 1.36. The number of amides is 1. The van der Waals surface area contributed by atoms with Crippen LogP contribution < -0.4 is 5.32 Å². The minimum atomic E-state index is 0.0607. The molecule has 100 valence electrons. The Labute approximate surface area is 108 Å². The fourth-order valence-corrected chi connectivity index (χ4v) is 2.49. The maximum Gasteiger partial charge on any atom is 0.259 e. The van der Waals surface area contributed by atoms with Gasteiger partial charge in [0.05, 0.1) is 5.69 Å². The third kappa shape index (κ3) is 2.41. The number of hydrogen-bond donors (Lipinski definition) is 1. The molecule has 1 aliphatic heterocycles. The Hall–Kier alpha value is -1.36. The number of aromatic nitrogens is 1. The van der Waals surface area contributed by atoms with Gasteiger partial charge in [-0.05, 0) is 26.8 Å². The summed E-state index contributed by atoms with van der Waals surface area (Å²) in [6.07, 6.45) is 2.87. The monoisotopic (exact) mass is 251 g/mol. The molecule has 1 N–H and O–H groups in total. The van der Waals surface area contributed by atoms with E-state index in [0.29, 0.717) is 29.5 Å². The molecular formula is C13H21N3O2. The van der Waals surface area contributed by atoms with Crippen molar-refractivity contribution in [1.29, 1.82) is 0 Å². The number of aryl methyl sites for hydroxylation is 2. The van der Waals surface area contributed by atoms with Crippen molar-refractivity contribution < 1.29 is 9.32 Å². The molecule has 5 nitrogen and oxygen atoms in total. The molecule has 1 aliphatic rings. The van der Waals surface area contributed by atoms with Gasteiger partial charge in [0, 0.05) is 25.6 Å². The first-order valence-corrected chi connectivity index (χ1v) is 6.59. The number of hydrogen-bond acceptors (Lipinski definition) is 4. The van der Waals surface area contributed by atoms with Gasteiger partial charge >= 0.3 is 0 Å². The maximum atomic E-state index is 12.5. The third-order valence-electron chi connectivity index (χ3n) is 3.59. The molecule has 1 fully saturated rings. The summed E-state index contributed by atoms with van der Waals surface area (Å²) in [5.74, 6) is 0.759. The lowest BCUT2D eigenvalue weighted by molar-refractivity contribution is 0.0695. The van der Waals surface area contributed by atoms with Crippen molar-refractivity contribution in [2.75, 3.05) is 20.1 Å². The minimum Gasteiger partial charge on any atom is -0.360 e. The van der Waals surface area contributed by atoms with Crippen molar-refractivity contribution in [3.63, 3.8) is 0 Å². The quantitative estimate of drug-likeness (QED) is 0.881. The SMILES string of the molecule is CCc1onc(C)c1C(=O)N1CCCC(NC)C1. The Kier molecular flexibility index (Phi) is 4.01. The number of nitrogens with zero attached hydrogens (tertiary/aromatic N) is 2. The van der Waals surface area contributed by atoms with Crippen molar-refractivity contribution in [2.45, 2.75) is 39.2 Å². The molecule has 1 atom stereocenters. The Morgan fingerprint density at radius 3 is 3.06 bits per heavy atom. The van der Waals surface area contributed by atoms with Crippen LogP contribution in [0.1, 0.15) is 41.6 Å². The van der Waals surface area contributed by atoms with Crippen LogP contribution in [0.3, 0.4) is 0 Å². The molecule has 1 aromatic rings. The lowest BCUT2D eigenvalue weighted by Crippen LogP contribution is -2.47. The van der Waals surface area contributed by atoms with Crippen LogP contribution in [-0.4, -0.2) is 42.1 Å². The summed E-state index contributed by atoms with van der Waals surface area (Å²) in [6.45, 7) is 5.40. The molecular weight excluding hydrogens is 230 g/mol. The molecule has 1 saturated heterocycles. The minimum absolute atomic E-state index is 0.0607. The maximum absolute atomic E-state index is 12.5. The topological polar surface area (TPSA) is 58.4 Å². The van der Waals surface area contributed by atoms with E-state index in [1.54, 1.807) is 0 Å². The number of rotatable bonds is 3. The van der Waals surface area contributed by atoms with Gasteiger partial charge in [0.2, 0.25) is 0 Å². The first-order valence-electron chi connectivity index (χ1n) is 6.59. The average molecular weight is 251 g/mol. The Balaban J connectivity index is 2.17. The average Bonchev–Trinajstić information content (AvgIpc) is 2.79. The second kappa shape index (κ2) is 5.52. The fraction of sp³-hybridized carbons (Fsp3) is 0.692. The highest BCUT2D eigenvalue weighted by atomic mass is 16.5. The largest absolute Gasteiger partial charge is 0.360 e. The summed E-state index contributed by atoms with van der Waals surface area (Å²) in [5, 5.41) is 7.15. The highest BCUT2D eigenvalue weighted by Crippen LogP contribution is 2.19. The van der Waals surface area contributed by atoms with E-state index in [1.165, 1.54) is 0 Å². The molecule has 1 unspecified atom stereocenters. The fourth-order valence-electron chi connectivity index (χ4n) is 2.49. The first-order chi connectivity index (χ1) is 8.67. The second-order valence-corrected chi connectivity index (χ2v) is 4.80. The van der Waals surface area contributed by atoms with Crippen LogP contribution in [0.4, 0.5) is 0 Å². The van der Waals surface area contributed by atoms with Gasteiger partial charge in [-0.2, -0.15) is 0 Å². The van der Waals surface area contributed by atoms with E-state index in [9.17, 15) is 4.79 Å². The van der Waals surface area contributed by atoms with Crippen molar-refractivity contribution in [2.24, 2.45) is 0 Å². The van der Waals surface area contributed by atoms with Crippen LogP contribution in [0.2, 0.25) is 0 Å². The predicted molar refractivity (Wildman–Crippen MR) is 68.6 cm³/mol. The van der Waals surface area contributed by atoms with Gasteiger partial charge in [0.15, 0.2) is 0 Å². The molecule has 18 heavy (non-hydrogen) atoms. The smallest absolute Gasteiger partial charge is 0.259 e. The number of likely N-dealkylation sites (N-methyl/N-ethyl adjacent to an activating group) is 1. The Bertz CT molecular complexity index is 428. The summed E-state index contributed by atoms with van der Waals surface area (Å²) >= 11 is 0. The number of carbonyl (C=O) groups excluding carboxylic acids is 1. The van der Waals surface area contributed by atoms with Gasteiger partial charge in [0.1, 0.15) is 11.3 Å². The lowest BCUT2D eigenvalue weighted by Gasteiger charge is -2.32. The first kappa shape index (κ1) is 13.1. The number of piperidine rings is 1. The van der Waals surface area contributed by atoms with Crippen LogP contribution in [0.5, 0.6) is 0 Å². The van der Waals surface area contributed by atoms with Crippen molar-refractivity contribution >= 4 is 5.91 Å². The molecule has 0 spiro atoms. The summed E-state index contributed by atoms with van der Waals surface area (Å²) in [6, 6.07) is 0.396. The zero-order valence-electron chi connectivity index (χ0n) is 11.3. The van der Waals surface area contributed by atoms with E-state index in [4.69, 9.17) is 4.52 Å². The molecule has 2 heterocycles. The van der Waals surface area contributed by atoms with Crippen LogP contribution in [0.25, 0.3) is 0 Å². The normalized spacial score (nSPS) is 20.2. The van der Waals surface area contributed by atoms with E-state index in [0.717, 1.165) is 25.9 Å². The Morgan fingerprint density at radius 1 is 1.61 bits per heavy atom. The van der Waals surface area contributed by atoms with Gasteiger partial charge in [0.25, 0.3) is 5.91 Å². The molecule has 1 amide bonds. The zero-order chi connectivity index (χ0) is 13.1. The van der Waals surface area contributed by atoms with E-state index >= 15 is 0 Å². The molecule has 5 heteroatoms. The Morgan fingerprint density at radius 2 is 2.39 bits per heavy atom. The van der Waals surface area contributed by atoms with Crippen molar-refractivity contribution in [1.82, 2.24) is 15.4 Å². The molecule has 0 aromatic carbocycles. The van der Waals surface area contributed by atoms with Gasteiger partial charge < -0.3 is 14.7 Å². The summed E-state index contributed by atoms with van der Waals surface area (Å²) in [4.78, 5) is 14.4. The van der Waals surface area contributed by atoms with Gasteiger partial charge in [-0.1, -0.05) is 12.1 Å². The van der Waals surface area contributed by atoms with E-state index in [-0.39, 0.29) is 5.91 Å². The van der Waals surface area contributed by atoms with Crippen LogP contribution >= 0.6 is 0 Å². The summed E-state index contributed by atoms with van der Waals surface area (Å²) in [7, 11) is 1.95. The summed E-state index contributed by atoms with van der Waals surface area (Å²) < 4.78 is 5.20. The van der Waals surface area contributed by atoms with Crippen LogP contribution in [0.15, 0.2) is 4.52 Å². The predicted octanol–water partition coefficient (Wildman–Crippen LogP) is 1.37. The van der Waals surface area contributed by atoms with Crippen LogP contribution in [0, 0.1) is 6.92 Å². The van der Waals surface area contributed by atoms with Gasteiger partial charge in [-0.25, -0.2) is 0 Å². The van der Waals surface area contributed by atoms with Crippen molar-refractivity contribution in [3.05, 3.63) is 17.0 Å². The van der Waals surface area contributed by atoms with E-state index in [1.807, 2.05) is 25.8 Å². The lowest BCUT2D eigenvalue weighted by atomic mass is 10.0. The van der Waals surface area contributed by atoms with Crippen molar-refractivity contribution in [3.8, 4) is 0 Å². The standard InChI is InChI=1S/C13H21N3O2/c1-4-11-12(9(2)15-18-11)13(17)16-7-5-6-10(8-16)14-3/h10,14H,4-8H2,1-3H3. The molecule has 0 saturated carbocycles. The highest BCUT2D eigenvalue weighted by Gasteiger charge is 2.28. The van der Waals surface area contributed by atoms with Gasteiger partial charge in [-0.15, -0.1) is 0 Å². The molecule has 0 bridgehead atoms. The second-order valence-electron chi connectivity index (χ2n) is 4.80.